The molecule has 0 atom stereocenters. The van der Waals surface area contributed by atoms with Crippen LogP contribution in [0.15, 0.2) is 12.1 Å². The maximum absolute atomic E-state index is 5.23. The maximum atomic E-state index is 5.23. The van der Waals surface area contributed by atoms with Gasteiger partial charge >= 0.3 is 0 Å². The minimum absolute atomic E-state index is 0.449. The Morgan fingerprint density at radius 1 is 1.09 bits per heavy atom. The van der Waals surface area contributed by atoms with Gasteiger partial charge < -0.3 is 9.64 Å². The van der Waals surface area contributed by atoms with Crippen LogP contribution in [0.4, 0.5) is 0 Å². The Hall–Kier alpha value is -1.69. The van der Waals surface area contributed by atoms with Gasteiger partial charge in [-0.25, -0.2) is 0 Å². The SMILES string of the molecule is COc1ccc2nnc(C3CCN(CC4CCCC4)CC3)n2n1. The van der Waals surface area contributed by atoms with Gasteiger partial charge in [-0.2, -0.15) is 4.52 Å². The fraction of sp³-hybridized carbons (Fsp3) is 0.706. The topological polar surface area (TPSA) is 55.6 Å². The molecule has 124 valence electrons. The highest BCUT2D eigenvalue weighted by Gasteiger charge is 2.27. The quantitative estimate of drug-likeness (QED) is 0.867. The van der Waals surface area contributed by atoms with Crippen LogP contribution >= 0.6 is 0 Å². The second-order valence-corrected chi connectivity index (χ2v) is 6.93. The summed E-state index contributed by atoms with van der Waals surface area (Å²) in [6.07, 6.45) is 8.01. The molecule has 1 aliphatic heterocycles. The number of likely N-dealkylation sites (tertiary alicyclic amines) is 1. The first kappa shape index (κ1) is 14.9. The van der Waals surface area contributed by atoms with Gasteiger partial charge in [-0.3, -0.25) is 0 Å². The predicted octanol–water partition coefficient (Wildman–Crippen LogP) is 2.50. The Balaban J connectivity index is 1.43. The molecule has 2 aliphatic rings. The Labute approximate surface area is 136 Å². The fourth-order valence-electron chi connectivity index (χ4n) is 4.08. The first-order valence-corrected chi connectivity index (χ1v) is 8.82. The van der Waals surface area contributed by atoms with E-state index in [1.54, 1.807) is 7.11 Å². The number of ether oxygens (including phenoxy) is 1. The van der Waals surface area contributed by atoms with Gasteiger partial charge in [-0.05, 0) is 50.8 Å². The summed E-state index contributed by atoms with van der Waals surface area (Å²) >= 11 is 0. The van der Waals surface area contributed by atoms with Crippen molar-refractivity contribution >= 4 is 5.65 Å². The number of rotatable bonds is 4. The van der Waals surface area contributed by atoms with Crippen LogP contribution in [-0.2, 0) is 0 Å². The molecule has 0 N–H and O–H groups in total. The van der Waals surface area contributed by atoms with E-state index < -0.39 is 0 Å². The molecular formula is C17H25N5O. The molecule has 1 aliphatic carbocycles. The van der Waals surface area contributed by atoms with E-state index in [4.69, 9.17) is 4.74 Å². The second kappa shape index (κ2) is 6.43. The first-order valence-electron chi connectivity index (χ1n) is 8.82. The first-order chi connectivity index (χ1) is 11.3. The largest absolute Gasteiger partial charge is 0.480 e. The van der Waals surface area contributed by atoms with Crippen molar-refractivity contribution in [2.75, 3.05) is 26.7 Å². The molecule has 0 unspecified atom stereocenters. The Morgan fingerprint density at radius 2 is 1.87 bits per heavy atom. The van der Waals surface area contributed by atoms with Crippen LogP contribution in [-0.4, -0.2) is 51.5 Å². The summed E-state index contributed by atoms with van der Waals surface area (Å²) in [5.41, 5.74) is 0.800. The van der Waals surface area contributed by atoms with Gasteiger partial charge in [0.1, 0.15) is 0 Å². The maximum Gasteiger partial charge on any atom is 0.231 e. The van der Waals surface area contributed by atoms with Gasteiger partial charge in [0.25, 0.3) is 0 Å². The molecule has 6 heteroatoms. The molecule has 1 saturated heterocycles. The van der Waals surface area contributed by atoms with E-state index in [9.17, 15) is 0 Å². The van der Waals surface area contributed by atoms with Crippen LogP contribution in [0.3, 0.4) is 0 Å². The molecule has 1 saturated carbocycles. The third kappa shape index (κ3) is 3.04. The van der Waals surface area contributed by atoms with E-state index in [-0.39, 0.29) is 0 Å². The lowest BCUT2D eigenvalue weighted by Crippen LogP contribution is -2.36. The summed E-state index contributed by atoms with van der Waals surface area (Å²) in [6, 6.07) is 3.75. The van der Waals surface area contributed by atoms with Crippen molar-refractivity contribution in [1.82, 2.24) is 24.7 Å². The molecule has 0 bridgehead atoms. The third-order valence-corrected chi connectivity index (χ3v) is 5.42. The highest BCUT2D eigenvalue weighted by atomic mass is 16.5. The minimum Gasteiger partial charge on any atom is -0.480 e. The normalized spacial score (nSPS) is 21.3. The summed E-state index contributed by atoms with van der Waals surface area (Å²) in [4.78, 5) is 2.64. The van der Waals surface area contributed by atoms with E-state index in [0.29, 0.717) is 11.8 Å². The Morgan fingerprint density at radius 3 is 2.61 bits per heavy atom. The number of nitrogens with zero attached hydrogens (tertiary/aromatic N) is 5. The van der Waals surface area contributed by atoms with Crippen LogP contribution in [0.2, 0.25) is 0 Å². The molecule has 6 nitrogen and oxygen atoms in total. The zero-order valence-corrected chi connectivity index (χ0v) is 13.8. The number of piperidine rings is 1. The van der Waals surface area contributed by atoms with Gasteiger partial charge in [-0.15, -0.1) is 15.3 Å². The molecule has 23 heavy (non-hydrogen) atoms. The summed E-state index contributed by atoms with van der Waals surface area (Å²) in [7, 11) is 1.64. The fourth-order valence-corrected chi connectivity index (χ4v) is 4.08. The Kier molecular flexibility index (Phi) is 4.16. The third-order valence-electron chi connectivity index (χ3n) is 5.42. The molecule has 2 aromatic heterocycles. The van der Waals surface area contributed by atoms with Crippen molar-refractivity contribution in [3.63, 3.8) is 0 Å². The highest BCUT2D eigenvalue weighted by molar-refractivity contribution is 5.38. The molecule has 3 heterocycles. The average Bonchev–Trinajstić information content (AvgIpc) is 3.24. The number of hydrogen-bond acceptors (Lipinski definition) is 5. The Bertz CT molecular complexity index is 656. The van der Waals surface area contributed by atoms with E-state index >= 15 is 0 Å². The summed E-state index contributed by atoms with van der Waals surface area (Å²) in [6.45, 7) is 3.62. The van der Waals surface area contributed by atoms with Crippen LogP contribution < -0.4 is 4.74 Å². The lowest BCUT2D eigenvalue weighted by atomic mass is 9.95. The molecule has 0 aromatic carbocycles. The molecule has 0 amide bonds. The van der Waals surface area contributed by atoms with Gasteiger partial charge in [0.05, 0.1) is 7.11 Å². The monoisotopic (exact) mass is 315 g/mol. The smallest absolute Gasteiger partial charge is 0.231 e. The van der Waals surface area contributed by atoms with Crippen LogP contribution in [0.1, 0.15) is 50.3 Å². The predicted molar refractivity (Wildman–Crippen MR) is 87.7 cm³/mol. The summed E-state index contributed by atoms with van der Waals surface area (Å²) in [5.74, 6) is 2.98. The molecule has 0 radical (unpaired) electrons. The van der Waals surface area contributed by atoms with E-state index in [0.717, 1.165) is 30.2 Å². The summed E-state index contributed by atoms with van der Waals surface area (Å²) in [5, 5.41) is 13.1. The van der Waals surface area contributed by atoms with Crippen LogP contribution in [0.5, 0.6) is 5.88 Å². The van der Waals surface area contributed by atoms with Crippen LogP contribution in [0, 0.1) is 5.92 Å². The van der Waals surface area contributed by atoms with Gasteiger partial charge in [0.15, 0.2) is 11.5 Å². The van der Waals surface area contributed by atoms with Gasteiger partial charge in [-0.1, -0.05) is 12.8 Å². The molecule has 2 fully saturated rings. The van der Waals surface area contributed by atoms with E-state index in [1.807, 2.05) is 16.6 Å². The molecule has 4 rings (SSSR count). The van der Waals surface area contributed by atoms with E-state index in [2.05, 4.69) is 20.2 Å². The number of hydrogen-bond donors (Lipinski definition) is 0. The number of aromatic nitrogens is 4. The van der Waals surface area contributed by atoms with Crippen LogP contribution in [0.25, 0.3) is 5.65 Å². The molecule has 0 spiro atoms. The minimum atomic E-state index is 0.449. The standard InChI is InChI=1S/C17H25N5O/c1-23-16-7-6-15-18-19-17(22(15)20-16)14-8-10-21(11-9-14)12-13-4-2-3-5-13/h6-7,13-14H,2-5,8-12H2,1H3. The van der Waals surface area contributed by atoms with E-state index in [1.165, 1.54) is 45.3 Å². The average molecular weight is 315 g/mol. The van der Waals surface area contributed by atoms with Crippen molar-refractivity contribution < 1.29 is 4.74 Å². The zero-order chi connectivity index (χ0) is 15.6. The van der Waals surface area contributed by atoms with Crippen molar-refractivity contribution in [2.24, 2.45) is 5.92 Å². The second-order valence-electron chi connectivity index (χ2n) is 6.93. The molecular weight excluding hydrogens is 290 g/mol. The zero-order valence-electron chi connectivity index (χ0n) is 13.8. The lowest BCUT2D eigenvalue weighted by Gasteiger charge is -2.32. The van der Waals surface area contributed by atoms with Crippen molar-refractivity contribution in [3.8, 4) is 5.88 Å². The van der Waals surface area contributed by atoms with Crippen molar-refractivity contribution in [1.29, 1.82) is 0 Å². The number of methoxy groups -OCH3 is 1. The highest BCUT2D eigenvalue weighted by Crippen LogP contribution is 2.30. The van der Waals surface area contributed by atoms with Crippen molar-refractivity contribution in [3.05, 3.63) is 18.0 Å². The molecule has 2 aromatic rings. The lowest BCUT2D eigenvalue weighted by molar-refractivity contribution is 0.180. The van der Waals surface area contributed by atoms with Crippen molar-refractivity contribution in [2.45, 2.75) is 44.4 Å². The number of fused-ring (bicyclic) bond motifs is 1. The van der Waals surface area contributed by atoms with Gasteiger partial charge in [0, 0.05) is 18.5 Å². The van der Waals surface area contributed by atoms with Gasteiger partial charge in [0.2, 0.25) is 5.88 Å². The summed E-state index contributed by atoms with van der Waals surface area (Å²) < 4.78 is 7.09.